The fraction of sp³-hybridized carbons (Fsp3) is 0.298. The molecular formula is C47H53N9O11. The molecule has 0 saturated heterocycles. The Kier molecular flexibility index (Phi) is 18.3. The number of carboxylic acids is 2. The molecule has 4 atom stereocenters. The number of nitrogens with one attached hydrogen (secondary N) is 6. The van der Waals surface area contributed by atoms with Crippen molar-refractivity contribution in [1.29, 1.82) is 0 Å². The molecule has 0 saturated carbocycles. The number of hydrogen-bond acceptors (Lipinski definition) is 10. The average Bonchev–Trinajstić information content (AvgIpc) is 3.63. The minimum absolute atomic E-state index is 0.0152. The second kappa shape index (κ2) is 24.7. The highest BCUT2D eigenvalue weighted by Gasteiger charge is 2.32. The molecule has 352 valence electrons. The maximum absolute atomic E-state index is 14.2. The van der Waals surface area contributed by atoms with Crippen LogP contribution in [-0.4, -0.2) is 114 Å². The lowest BCUT2D eigenvalue weighted by atomic mass is 9.98. The number of carbonyl (C=O) groups is 8. The minimum Gasteiger partial charge on any atom is -0.481 e. The zero-order valence-electron chi connectivity index (χ0n) is 36.3. The number of nitrogens with two attached hydrogens (primary N) is 2. The molecule has 0 radical (unpaired) electrons. The molecular weight excluding hydrogens is 867 g/mol. The van der Waals surface area contributed by atoms with Gasteiger partial charge in [-0.05, 0) is 46.2 Å². The topological polar surface area (TPSA) is 323 Å². The van der Waals surface area contributed by atoms with Crippen molar-refractivity contribution in [2.75, 3.05) is 26.2 Å². The molecule has 0 fully saturated rings. The number of carboxylic acid groups (broad SMARTS) is 2. The van der Waals surface area contributed by atoms with Crippen LogP contribution in [0.25, 0.3) is 11.1 Å². The van der Waals surface area contributed by atoms with Gasteiger partial charge >= 0.3 is 18.0 Å². The van der Waals surface area contributed by atoms with Crippen molar-refractivity contribution >= 4 is 53.5 Å². The summed E-state index contributed by atoms with van der Waals surface area (Å²) in [5, 5.41) is 33.1. The van der Waals surface area contributed by atoms with Crippen LogP contribution in [0.1, 0.15) is 47.4 Å². The van der Waals surface area contributed by atoms with Crippen molar-refractivity contribution in [3.05, 3.63) is 131 Å². The number of hydrogen-bond donors (Lipinski definition) is 10. The third-order valence-corrected chi connectivity index (χ3v) is 10.6. The van der Waals surface area contributed by atoms with Crippen molar-refractivity contribution in [3.8, 4) is 11.1 Å². The Hall–Kier alpha value is -8.29. The van der Waals surface area contributed by atoms with E-state index in [2.05, 4.69) is 31.6 Å². The Morgan fingerprint density at radius 2 is 1.06 bits per heavy atom. The van der Waals surface area contributed by atoms with Crippen LogP contribution in [0.15, 0.2) is 114 Å². The molecule has 0 unspecified atom stereocenters. The van der Waals surface area contributed by atoms with Gasteiger partial charge in [0.1, 0.15) is 37.3 Å². The van der Waals surface area contributed by atoms with Gasteiger partial charge in [0.05, 0.1) is 13.0 Å². The lowest BCUT2D eigenvalue weighted by Crippen LogP contribution is -2.58. The lowest BCUT2D eigenvalue weighted by Gasteiger charge is -2.26. The zero-order chi connectivity index (χ0) is 48.3. The van der Waals surface area contributed by atoms with Crippen molar-refractivity contribution in [3.63, 3.8) is 0 Å². The number of guanidine groups is 1. The summed E-state index contributed by atoms with van der Waals surface area (Å²) < 4.78 is 5.57. The summed E-state index contributed by atoms with van der Waals surface area (Å²) in [4.78, 5) is 107. The van der Waals surface area contributed by atoms with Crippen molar-refractivity contribution < 1.29 is 53.3 Å². The fourth-order valence-electron chi connectivity index (χ4n) is 7.39. The third-order valence-electron chi connectivity index (χ3n) is 10.6. The number of carbonyl (C=O) groups excluding carboxylic acids is 6. The highest BCUT2D eigenvalue weighted by molar-refractivity contribution is 5.96. The zero-order valence-corrected chi connectivity index (χ0v) is 36.3. The van der Waals surface area contributed by atoms with Crippen molar-refractivity contribution in [1.82, 2.24) is 31.9 Å². The number of rotatable bonds is 24. The molecule has 5 rings (SSSR count). The Morgan fingerprint density at radius 3 is 1.58 bits per heavy atom. The smallest absolute Gasteiger partial charge is 0.407 e. The normalized spacial score (nSPS) is 13.1. The van der Waals surface area contributed by atoms with E-state index >= 15 is 0 Å². The minimum atomic E-state index is -1.77. The second-order valence-corrected chi connectivity index (χ2v) is 15.5. The van der Waals surface area contributed by atoms with E-state index < -0.39 is 91.2 Å². The number of benzene rings is 4. The first-order valence-electron chi connectivity index (χ1n) is 21.3. The van der Waals surface area contributed by atoms with E-state index in [0.717, 1.165) is 22.3 Å². The summed E-state index contributed by atoms with van der Waals surface area (Å²) in [5.41, 5.74) is 16.3. The van der Waals surface area contributed by atoms with Gasteiger partial charge in [0, 0.05) is 25.3 Å². The van der Waals surface area contributed by atoms with Crippen LogP contribution < -0.4 is 43.4 Å². The van der Waals surface area contributed by atoms with Gasteiger partial charge in [0.25, 0.3) is 0 Å². The summed E-state index contributed by atoms with van der Waals surface area (Å²) in [5.74, 6) is -7.71. The predicted molar refractivity (Wildman–Crippen MR) is 244 cm³/mol. The maximum atomic E-state index is 14.2. The van der Waals surface area contributed by atoms with Gasteiger partial charge in [-0.1, -0.05) is 109 Å². The third kappa shape index (κ3) is 15.4. The van der Waals surface area contributed by atoms with Crippen molar-refractivity contribution in [2.24, 2.45) is 16.5 Å². The van der Waals surface area contributed by atoms with Gasteiger partial charge in [-0.2, -0.15) is 0 Å². The molecule has 0 aliphatic heterocycles. The van der Waals surface area contributed by atoms with Crippen molar-refractivity contribution in [2.45, 2.75) is 62.2 Å². The Morgan fingerprint density at radius 1 is 0.582 bits per heavy atom. The molecule has 0 aromatic heterocycles. The predicted octanol–water partition coefficient (Wildman–Crippen LogP) is 0.679. The van der Waals surface area contributed by atoms with Gasteiger partial charge in [0.15, 0.2) is 5.96 Å². The van der Waals surface area contributed by atoms with Crippen LogP contribution in [-0.2, 0) is 51.1 Å². The average molecular weight is 920 g/mol. The van der Waals surface area contributed by atoms with Crippen LogP contribution in [0.4, 0.5) is 4.79 Å². The van der Waals surface area contributed by atoms with E-state index in [1.807, 2.05) is 53.8 Å². The second-order valence-electron chi connectivity index (χ2n) is 15.5. The van der Waals surface area contributed by atoms with E-state index in [9.17, 15) is 43.5 Å². The molecule has 20 nitrogen and oxygen atoms in total. The summed E-state index contributed by atoms with van der Waals surface area (Å²) in [6, 6.07) is 27.4. The summed E-state index contributed by atoms with van der Waals surface area (Å²) in [7, 11) is 0. The molecule has 1 aliphatic rings. The monoisotopic (exact) mass is 919 g/mol. The first kappa shape index (κ1) is 49.7. The summed E-state index contributed by atoms with van der Waals surface area (Å²) in [6.45, 7) is -1.25. The first-order valence-corrected chi connectivity index (χ1v) is 21.3. The summed E-state index contributed by atoms with van der Waals surface area (Å²) in [6.07, 6.45) is -1.76. The Labute approximate surface area is 385 Å². The highest BCUT2D eigenvalue weighted by atomic mass is 16.5. The van der Waals surface area contributed by atoms with E-state index in [0.29, 0.717) is 11.1 Å². The van der Waals surface area contributed by atoms with Gasteiger partial charge in [-0.3, -0.25) is 33.8 Å². The molecule has 67 heavy (non-hydrogen) atoms. The number of ether oxygens (including phenoxy) is 1. The maximum Gasteiger partial charge on any atom is 0.407 e. The number of amides is 6. The Bertz CT molecular complexity index is 2390. The van der Waals surface area contributed by atoms with E-state index in [-0.39, 0.29) is 50.7 Å². The largest absolute Gasteiger partial charge is 0.481 e. The SMILES string of the molecule is NC(N)=NCCC[C@H](NC(=O)[C@H](Cc1ccccc1)NC(=O)[C@H](Cc1ccccc1)NC(=O)CNC(=O)OCC1c2ccccc2-c2ccccc21)C(=O)NCC(=O)N[C@@H](CC(=O)O)C(=O)O. The molecule has 0 spiro atoms. The number of fused-ring (bicyclic) bond motifs is 3. The van der Waals surface area contributed by atoms with Crippen LogP contribution in [0.3, 0.4) is 0 Å². The van der Waals surface area contributed by atoms with Crippen LogP contribution >= 0.6 is 0 Å². The molecule has 1 aliphatic carbocycles. The molecule has 0 heterocycles. The first-order chi connectivity index (χ1) is 32.2. The molecule has 6 amide bonds. The van der Waals surface area contributed by atoms with Gasteiger partial charge in [0.2, 0.25) is 29.5 Å². The van der Waals surface area contributed by atoms with E-state index in [1.165, 1.54) is 0 Å². The number of alkyl carbamates (subject to hydrolysis) is 1. The molecule has 20 heteroatoms. The number of aliphatic imine (C=N–C) groups is 1. The fourth-order valence-corrected chi connectivity index (χ4v) is 7.39. The van der Waals surface area contributed by atoms with Gasteiger partial charge < -0.3 is 58.3 Å². The van der Waals surface area contributed by atoms with E-state index in [1.54, 1.807) is 60.7 Å². The van der Waals surface area contributed by atoms with Crippen LogP contribution in [0, 0.1) is 0 Å². The Balaban J connectivity index is 1.27. The van der Waals surface area contributed by atoms with Gasteiger partial charge in [-0.15, -0.1) is 0 Å². The number of aliphatic carboxylic acids is 2. The standard InChI is InChI=1S/C47H53N9O11/c48-46(49)50-21-11-20-35(42(61)51-25-39(57)54-38(45(64)65)24-41(59)60)55-44(63)37(23-29-14-5-2-6-15-29)56-43(62)36(22-28-12-3-1-4-13-28)53-40(58)26-52-47(66)67-27-34-32-18-9-7-16-30(32)31-17-8-10-19-33(31)34/h1-10,12-19,34-38H,11,20-27H2,(H,51,61)(H,52,66)(H,53,58)(H,54,57)(H,55,63)(H,56,62)(H,59,60)(H,64,65)(H4,48,49,50)/t35-,36-,37-,38-/m0/s1. The summed E-state index contributed by atoms with van der Waals surface area (Å²) >= 11 is 0. The molecule has 0 bridgehead atoms. The lowest BCUT2D eigenvalue weighted by molar-refractivity contribution is -0.147. The molecule has 4 aromatic rings. The van der Waals surface area contributed by atoms with E-state index in [4.69, 9.17) is 21.3 Å². The number of nitrogens with zero attached hydrogens (tertiary/aromatic N) is 1. The highest BCUT2D eigenvalue weighted by Crippen LogP contribution is 2.44. The van der Waals surface area contributed by atoms with Crippen LogP contribution in [0.2, 0.25) is 0 Å². The quantitative estimate of drug-likeness (QED) is 0.0263. The molecule has 4 aromatic carbocycles. The molecule has 12 N–H and O–H groups in total. The van der Waals surface area contributed by atoms with Gasteiger partial charge in [-0.25, -0.2) is 9.59 Å². The van der Waals surface area contributed by atoms with Crippen LogP contribution in [0.5, 0.6) is 0 Å².